The molecule has 2 rings (SSSR count). The minimum atomic E-state index is -0.641. The number of hydrogen-bond donors (Lipinski definition) is 1. The van der Waals surface area contributed by atoms with Gasteiger partial charge >= 0.3 is 0 Å². The number of rotatable bonds is 5. The summed E-state index contributed by atoms with van der Waals surface area (Å²) in [5.74, 6) is 0. The highest BCUT2D eigenvalue weighted by Gasteiger charge is 2.18. The monoisotopic (exact) mass is 316 g/mol. The van der Waals surface area contributed by atoms with Crippen molar-refractivity contribution in [2.45, 2.75) is 32.3 Å². The molecular weight excluding hydrogens is 303 g/mol. The standard InChI is InChI=1S/C13H14Cl2N2OS/c1-2-3-11-13(19-17-16-11)12(18)7-8-6-9(14)4-5-10(8)15/h4-6,12,18H,2-3,7H2,1H3. The first-order valence-corrected chi connectivity index (χ1v) is 7.57. The molecule has 3 nitrogen and oxygen atoms in total. The Hall–Kier alpha value is -0.680. The molecule has 1 aromatic carbocycles. The SMILES string of the molecule is CCCc1nnsc1C(O)Cc1cc(Cl)ccc1Cl. The second kappa shape index (κ2) is 6.66. The van der Waals surface area contributed by atoms with E-state index in [1.165, 1.54) is 11.5 Å². The van der Waals surface area contributed by atoms with E-state index in [9.17, 15) is 5.11 Å². The number of aliphatic hydroxyl groups is 1. The summed E-state index contributed by atoms with van der Waals surface area (Å²) in [5.41, 5.74) is 1.70. The molecule has 1 aromatic heterocycles. The number of aromatic nitrogens is 2. The Balaban J connectivity index is 2.18. The quantitative estimate of drug-likeness (QED) is 0.904. The van der Waals surface area contributed by atoms with Gasteiger partial charge in [-0.05, 0) is 41.7 Å². The topological polar surface area (TPSA) is 46.0 Å². The van der Waals surface area contributed by atoms with Crippen molar-refractivity contribution in [3.63, 3.8) is 0 Å². The van der Waals surface area contributed by atoms with E-state index in [0.717, 1.165) is 29.0 Å². The zero-order valence-corrected chi connectivity index (χ0v) is 12.8. The van der Waals surface area contributed by atoms with Gasteiger partial charge in [-0.2, -0.15) is 0 Å². The van der Waals surface area contributed by atoms with Crippen LogP contribution >= 0.6 is 34.7 Å². The van der Waals surface area contributed by atoms with E-state index in [1.807, 2.05) is 0 Å². The highest BCUT2D eigenvalue weighted by atomic mass is 35.5. The van der Waals surface area contributed by atoms with Gasteiger partial charge in [-0.3, -0.25) is 0 Å². The van der Waals surface area contributed by atoms with E-state index in [-0.39, 0.29) is 0 Å². The second-order valence-electron chi connectivity index (χ2n) is 4.29. The number of aryl methyl sites for hydroxylation is 1. The zero-order chi connectivity index (χ0) is 13.8. The van der Waals surface area contributed by atoms with Crippen molar-refractivity contribution in [1.82, 2.24) is 9.59 Å². The third-order valence-electron chi connectivity index (χ3n) is 2.80. The van der Waals surface area contributed by atoms with Crippen LogP contribution in [0, 0.1) is 0 Å². The lowest BCUT2D eigenvalue weighted by atomic mass is 10.0. The van der Waals surface area contributed by atoms with Gasteiger partial charge in [0.1, 0.15) is 0 Å². The molecule has 0 amide bonds. The van der Waals surface area contributed by atoms with Gasteiger partial charge < -0.3 is 5.11 Å². The lowest BCUT2D eigenvalue weighted by Crippen LogP contribution is -2.03. The highest BCUT2D eigenvalue weighted by molar-refractivity contribution is 7.05. The maximum absolute atomic E-state index is 10.3. The minimum Gasteiger partial charge on any atom is -0.387 e. The number of aliphatic hydroxyl groups excluding tert-OH is 1. The minimum absolute atomic E-state index is 0.417. The summed E-state index contributed by atoms with van der Waals surface area (Å²) >= 11 is 13.3. The van der Waals surface area contributed by atoms with Crippen LogP contribution in [0.25, 0.3) is 0 Å². The Labute approximate surface area is 126 Å². The predicted molar refractivity (Wildman–Crippen MR) is 79.0 cm³/mol. The Morgan fingerprint density at radius 2 is 2.16 bits per heavy atom. The van der Waals surface area contributed by atoms with Crippen molar-refractivity contribution in [3.05, 3.63) is 44.4 Å². The Morgan fingerprint density at radius 3 is 2.89 bits per heavy atom. The Morgan fingerprint density at radius 1 is 1.37 bits per heavy atom. The van der Waals surface area contributed by atoms with Gasteiger partial charge in [-0.1, -0.05) is 41.0 Å². The van der Waals surface area contributed by atoms with Gasteiger partial charge in [-0.15, -0.1) is 5.10 Å². The van der Waals surface area contributed by atoms with Gasteiger partial charge in [0.15, 0.2) is 0 Å². The summed E-state index contributed by atoms with van der Waals surface area (Å²) in [6, 6.07) is 5.25. The molecule has 0 spiro atoms. The summed E-state index contributed by atoms with van der Waals surface area (Å²) in [4.78, 5) is 0.817. The van der Waals surface area contributed by atoms with Crippen LogP contribution in [0.2, 0.25) is 10.0 Å². The summed E-state index contributed by atoms with van der Waals surface area (Å²) < 4.78 is 3.92. The summed E-state index contributed by atoms with van der Waals surface area (Å²) in [5, 5.41) is 15.6. The fraction of sp³-hybridized carbons (Fsp3) is 0.385. The van der Waals surface area contributed by atoms with Crippen LogP contribution in [-0.4, -0.2) is 14.7 Å². The van der Waals surface area contributed by atoms with E-state index < -0.39 is 6.10 Å². The maximum Gasteiger partial charge on any atom is 0.0957 e. The molecule has 0 aliphatic carbocycles. The third kappa shape index (κ3) is 3.66. The van der Waals surface area contributed by atoms with E-state index in [0.29, 0.717) is 16.5 Å². The highest BCUT2D eigenvalue weighted by Crippen LogP contribution is 2.29. The molecular formula is C13H14Cl2N2OS. The van der Waals surface area contributed by atoms with Crippen molar-refractivity contribution in [3.8, 4) is 0 Å². The van der Waals surface area contributed by atoms with Crippen LogP contribution < -0.4 is 0 Å². The molecule has 0 radical (unpaired) electrons. The van der Waals surface area contributed by atoms with Gasteiger partial charge in [0.25, 0.3) is 0 Å². The number of hydrogen-bond acceptors (Lipinski definition) is 4. The van der Waals surface area contributed by atoms with E-state index in [2.05, 4.69) is 16.5 Å². The second-order valence-corrected chi connectivity index (χ2v) is 5.92. The van der Waals surface area contributed by atoms with Crippen LogP contribution in [0.3, 0.4) is 0 Å². The number of benzene rings is 1. The van der Waals surface area contributed by atoms with Crippen molar-refractivity contribution in [2.75, 3.05) is 0 Å². The molecule has 2 aromatic rings. The fourth-order valence-electron chi connectivity index (χ4n) is 1.88. The molecule has 0 saturated heterocycles. The summed E-state index contributed by atoms with van der Waals surface area (Å²) in [7, 11) is 0. The van der Waals surface area contributed by atoms with Gasteiger partial charge in [0.05, 0.1) is 16.7 Å². The summed E-state index contributed by atoms with van der Waals surface area (Å²) in [6.45, 7) is 2.07. The van der Waals surface area contributed by atoms with Gasteiger partial charge in [0, 0.05) is 16.5 Å². The van der Waals surface area contributed by atoms with Crippen LogP contribution in [0.5, 0.6) is 0 Å². The largest absolute Gasteiger partial charge is 0.387 e. The Bertz CT molecular complexity index is 559. The van der Waals surface area contributed by atoms with Gasteiger partial charge in [0.2, 0.25) is 0 Å². The molecule has 102 valence electrons. The van der Waals surface area contributed by atoms with E-state index in [4.69, 9.17) is 23.2 Å². The molecule has 0 aliphatic rings. The maximum atomic E-state index is 10.3. The molecule has 6 heteroatoms. The first-order chi connectivity index (χ1) is 9.11. The van der Waals surface area contributed by atoms with Crippen molar-refractivity contribution in [1.29, 1.82) is 0 Å². The molecule has 1 unspecified atom stereocenters. The lowest BCUT2D eigenvalue weighted by Gasteiger charge is -2.11. The van der Waals surface area contributed by atoms with Crippen molar-refractivity contribution < 1.29 is 5.11 Å². The molecule has 1 N–H and O–H groups in total. The zero-order valence-electron chi connectivity index (χ0n) is 10.4. The first-order valence-electron chi connectivity index (χ1n) is 6.05. The number of halogens is 2. The van der Waals surface area contributed by atoms with Crippen LogP contribution in [0.15, 0.2) is 18.2 Å². The lowest BCUT2D eigenvalue weighted by molar-refractivity contribution is 0.181. The first kappa shape index (κ1) is 14.7. The molecule has 1 atom stereocenters. The summed E-state index contributed by atoms with van der Waals surface area (Å²) in [6.07, 6.45) is 1.58. The molecule has 19 heavy (non-hydrogen) atoms. The molecule has 0 fully saturated rings. The van der Waals surface area contributed by atoms with Gasteiger partial charge in [-0.25, -0.2) is 0 Å². The smallest absolute Gasteiger partial charge is 0.0957 e. The van der Waals surface area contributed by atoms with E-state index >= 15 is 0 Å². The predicted octanol–water partition coefficient (Wildman–Crippen LogP) is 4.07. The molecule has 0 bridgehead atoms. The van der Waals surface area contributed by atoms with Crippen LogP contribution in [0.1, 0.15) is 35.6 Å². The van der Waals surface area contributed by atoms with Crippen molar-refractivity contribution >= 4 is 34.7 Å². The van der Waals surface area contributed by atoms with Crippen LogP contribution in [-0.2, 0) is 12.8 Å². The normalized spacial score (nSPS) is 12.6. The van der Waals surface area contributed by atoms with Crippen molar-refractivity contribution in [2.24, 2.45) is 0 Å². The fourth-order valence-corrected chi connectivity index (χ4v) is 2.95. The Kier molecular flexibility index (Phi) is 5.16. The molecule has 1 heterocycles. The number of nitrogens with zero attached hydrogens (tertiary/aromatic N) is 2. The third-order valence-corrected chi connectivity index (χ3v) is 4.27. The van der Waals surface area contributed by atoms with E-state index in [1.54, 1.807) is 18.2 Å². The average molecular weight is 317 g/mol. The van der Waals surface area contributed by atoms with Crippen LogP contribution in [0.4, 0.5) is 0 Å². The average Bonchev–Trinajstić information content (AvgIpc) is 2.82. The molecule has 0 saturated carbocycles. The molecule has 0 aliphatic heterocycles.